The Morgan fingerprint density at radius 3 is 2.44 bits per heavy atom. The molecule has 4 aromatic rings. The molecule has 0 fully saturated rings. The van der Waals surface area contributed by atoms with E-state index in [4.69, 9.17) is 9.47 Å². The van der Waals surface area contributed by atoms with Crippen molar-refractivity contribution < 1.29 is 14.4 Å². The Labute approximate surface area is 189 Å². The number of aromatic nitrogens is 3. The number of non-ortho nitro benzene ring substituents is 1. The maximum Gasteiger partial charge on any atom is 0.269 e. The highest BCUT2D eigenvalue weighted by molar-refractivity contribution is 7.98. The number of hydrogen-bond acceptors (Lipinski definition) is 7. The van der Waals surface area contributed by atoms with Gasteiger partial charge in [-0.15, -0.1) is 10.2 Å². The topological polar surface area (TPSA) is 92.3 Å². The lowest BCUT2D eigenvalue weighted by Crippen LogP contribution is -2.01. The van der Waals surface area contributed by atoms with Gasteiger partial charge in [0.1, 0.15) is 0 Å². The van der Waals surface area contributed by atoms with Crippen molar-refractivity contribution in [3.8, 4) is 28.6 Å². The van der Waals surface area contributed by atoms with Gasteiger partial charge in [0.05, 0.1) is 24.8 Å². The van der Waals surface area contributed by atoms with Crippen LogP contribution in [0, 0.1) is 10.1 Å². The van der Waals surface area contributed by atoms with Gasteiger partial charge in [-0.2, -0.15) is 0 Å². The maximum atomic E-state index is 11.1. The lowest BCUT2D eigenvalue weighted by Gasteiger charge is -2.13. The van der Waals surface area contributed by atoms with E-state index in [0.29, 0.717) is 28.2 Å². The first kappa shape index (κ1) is 21.4. The second-order valence-electron chi connectivity index (χ2n) is 6.76. The van der Waals surface area contributed by atoms with Gasteiger partial charge in [0.25, 0.3) is 5.69 Å². The van der Waals surface area contributed by atoms with Gasteiger partial charge in [-0.05, 0) is 17.7 Å². The molecule has 0 unspecified atom stereocenters. The molecular formula is C23H20N4O4S. The van der Waals surface area contributed by atoms with E-state index >= 15 is 0 Å². The summed E-state index contributed by atoms with van der Waals surface area (Å²) in [6.07, 6.45) is 0. The Morgan fingerprint density at radius 2 is 1.72 bits per heavy atom. The van der Waals surface area contributed by atoms with Crippen LogP contribution in [0.3, 0.4) is 0 Å². The van der Waals surface area contributed by atoms with Gasteiger partial charge in [-0.25, -0.2) is 0 Å². The van der Waals surface area contributed by atoms with Crippen molar-refractivity contribution in [1.29, 1.82) is 0 Å². The smallest absolute Gasteiger partial charge is 0.269 e. The number of nitrogens with zero attached hydrogens (tertiary/aromatic N) is 4. The molecule has 3 aromatic carbocycles. The zero-order valence-electron chi connectivity index (χ0n) is 17.5. The van der Waals surface area contributed by atoms with Crippen LogP contribution in [-0.4, -0.2) is 33.9 Å². The molecule has 0 bridgehead atoms. The molecule has 162 valence electrons. The van der Waals surface area contributed by atoms with Gasteiger partial charge in [0, 0.05) is 29.5 Å². The van der Waals surface area contributed by atoms with E-state index in [9.17, 15) is 10.1 Å². The summed E-state index contributed by atoms with van der Waals surface area (Å²) >= 11 is 1.45. The Bertz CT molecular complexity index is 1240. The van der Waals surface area contributed by atoms with Crippen LogP contribution >= 0.6 is 11.8 Å². The van der Waals surface area contributed by atoms with Crippen molar-refractivity contribution in [1.82, 2.24) is 14.8 Å². The van der Waals surface area contributed by atoms with Gasteiger partial charge >= 0.3 is 0 Å². The first-order chi connectivity index (χ1) is 15.6. The molecule has 4 rings (SSSR count). The van der Waals surface area contributed by atoms with Crippen molar-refractivity contribution in [2.24, 2.45) is 0 Å². The van der Waals surface area contributed by atoms with E-state index in [1.807, 2.05) is 59.2 Å². The Balaban J connectivity index is 1.74. The standard InChI is InChI=1S/C23H20N4O4S/c1-30-20-12-11-18(14-21(20)31-2)26-22(17-8-4-3-5-9-17)24-25-23(26)32-15-16-7-6-10-19(13-16)27(28)29/h3-14H,15H2,1-2H3. The monoisotopic (exact) mass is 448 g/mol. The summed E-state index contributed by atoms with van der Waals surface area (Å²) in [6.45, 7) is 0. The average molecular weight is 449 g/mol. The predicted molar refractivity (Wildman–Crippen MR) is 123 cm³/mol. The number of nitro groups is 1. The minimum Gasteiger partial charge on any atom is -0.493 e. The molecule has 0 atom stereocenters. The number of methoxy groups -OCH3 is 2. The zero-order valence-corrected chi connectivity index (χ0v) is 18.3. The summed E-state index contributed by atoms with van der Waals surface area (Å²) in [6, 6.07) is 22.0. The molecular weight excluding hydrogens is 428 g/mol. The van der Waals surface area contributed by atoms with E-state index in [1.165, 1.54) is 17.8 Å². The summed E-state index contributed by atoms with van der Waals surface area (Å²) in [5.41, 5.74) is 2.62. The molecule has 0 saturated heterocycles. The Morgan fingerprint density at radius 1 is 0.938 bits per heavy atom. The predicted octanol–water partition coefficient (Wildman–Crippen LogP) is 5.15. The minimum atomic E-state index is -0.395. The normalized spacial score (nSPS) is 10.7. The second-order valence-corrected chi connectivity index (χ2v) is 7.71. The molecule has 0 aliphatic heterocycles. The van der Waals surface area contributed by atoms with Crippen molar-refractivity contribution >= 4 is 17.4 Å². The summed E-state index contributed by atoms with van der Waals surface area (Å²) in [5, 5.41) is 20.6. The van der Waals surface area contributed by atoms with Crippen molar-refractivity contribution in [2.75, 3.05) is 14.2 Å². The third-order valence-electron chi connectivity index (χ3n) is 4.78. The fraction of sp³-hybridized carbons (Fsp3) is 0.130. The third-order valence-corrected chi connectivity index (χ3v) is 5.78. The number of hydrogen-bond donors (Lipinski definition) is 0. The maximum absolute atomic E-state index is 11.1. The fourth-order valence-corrected chi connectivity index (χ4v) is 4.14. The molecule has 1 heterocycles. The van der Waals surface area contributed by atoms with Crippen molar-refractivity contribution in [3.63, 3.8) is 0 Å². The molecule has 0 amide bonds. The summed E-state index contributed by atoms with van der Waals surface area (Å²) < 4.78 is 12.8. The number of rotatable bonds is 8. The van der Waals surface area contributed by atoms with Crippen LogP contribution in [0.4, 0.5) is 5.69 Å². The van der Waals surface area contributed by atoms with Crippen molar-refractivity contribution in [2.45, 2.75) is 10.9 Å². The third kappa shape index (κ3) is 4.42. The SMILES string of the molecule is COc1ccc(-n2c(SCc3cccc([N+](=O)[O-])c3)nnc2-c2ccccc2)cc1OC. The largest absolute Gasteiger partial charge is 0.493 e. The summed E-state index contributed by atoms with van der Waals surface area (Å²) in [7, 11) is 3.18. The first-order valence-corrected chi connectivity index (χ1v) is 10.7. The van der Waals surface area contributed by atoms with Gasteiger partial charge in [-0.1, -0.05) is 54.2 Å². The molecule has 0 spiro atoms. The molecule has 1 aromatic heterocycles. The molecule has 9 heteroatoms. The molecule has 0 radical (unpaired) electrons. The molecule has 0 saturated carbocycles. The molecule has 32 heavy (non-hydrogen) atoms. The van der Waals surface area contributed by atoms with Gasteiger partial charge in [0.15, 0.2) is 22.5 Å². The fourth-order valence-electron chi connectivity index (χ4n) is 3.24. The molecule has 0 aliphatic carbocycles. The number of ether oxygens (including phenoxy) is 2. The minimum absolute atomic E-state index is 0.0643. The van der Waals surface area contributed by atoms with Crippen LogP contribution < -0.4 is 9.47 Å². The highest BCUT2D eigenvalue weighted by atomic mass is 32.2. The summed E-state index contributed by atoms with van der Waals surface area (Å²) in [5.74, 6) is 2.39. The lowest BCUT2D eigenvalue weighted by atomic mass is 10.2. The molecule has 0 aliphatic rings. The molecule has 8 nitrogen and oxygen atoms in total. The highest BCUT2D eigenvalue weighted by Gasteiger charge is 2.18. The second kappa shape index (κ2) is 9.52. The van der Waals surface area contributed by atoms with Crippen LogP contribution in [0.25, 0.3) is 17.1 Å². The first-order valence-electron chi connectivity index (χ1n) is 9.70. The van der Waals surface area contributed by atoms with E-state index in [0.717, 1.165) is 16.8 Å². The lowest BCUT2D eigenvalue weighted by molar-refractivity contribution is -0.384. The summed E-state index contributed by atoms with van der Waals surface area (Å²) in [4.78, 5) is 10.7. The van der Waals surface area contributed by atoms with Crippen LogP contribution in [0.1, 0.15) is 5.56 Å². The van der Waals surface area contributed by atoms with Crippen LogP contribution in [0.15, 0.2) is 78.0 Å². The number of nitro benzene ring substituents is 1. The molecule has 0 N–H and O–H groups in total. The zero-order chi connectivity index (χ0) is 22.5. The van der Waals surface area contributed by atoms with Crippen LogP contribution in [-0.2, 0) is 5.75 Å². The van der Waals surface area contributed by atoms with Crippen LogP contribution in [0.2, 0.25) is 0 Å². The van der Waals surface area contributed by atoms with E-state index in [-0.39, 0.29) is 5.69 Å². The average Bonchev–Trinajstić information content (AvgIpc) is 3.27. The van der Waals surface area contributed by atoms with E-state index < -0.39 is 4.92 Å². The van der Waals surface area contributed by atoms with Gasteiger partial charge in [-0.3, -0.25) is 14.7 Å². The van der Waals surface area contributed by atoms with E-state index in [2.05, 4.69) is 10.2 Å². The Kier molecular flexibility index (Phi) is 6.37. The van der Waals surface area contributed by atoms with Gasteiger partial charge in [0.2, 0.25) is 0 Å². The number of benzene rings is 3. The van der Waals surface area contributed by atoms with E-state index in [1.54, 1.807) is 26.4 Å². The van der Waals surface area contributed by atoms with Crippen LogP contribution in [0.5, 0.6) is 11.5 Å². The quantitative estimate of drug-likeness (QED) is 0.209. The van der Waals surface area contributed by atoms with Gasteiger partial charge < -0.3 is 9.47 Å². The Hall–Kier alpha value is -3.85. The highest BCUT2D eigenvalue weighted by Crippen LogP contribution is 2.34. The van der Waals surface area contributed by atoms with Crippen molar-refractivity contribution in [3.05, 3.63) is 88.5 Å². The number of thioether (sulfide) groups is 1.